The molecule has 180 valence electrons. The smallest absolute Gasteiger partial charge is 0.300 e. The molecule has 1 fully saturated rings. The second-order valence-corrected chi connectivity index (χ2v) is 8.53. The van der Waals surface area contributed by atoms with Crippen LogP contribution < -0.4 is 14.4 Å². The number of rotatable bonds is 6. The maximum atomic E-state index is 13.6. The number of hydrogen-bond donors (Lipinski definition) is 1. The Kier molecular flexibility index (Phi) is 6.60. The molecule has 1 N–H and O–H groups in total. The summed E-state index contributed by atoms with van der Waals surface area (Å²) < 4.78 is 24.9. The van der Waals surface area contributed by atoms with E-state index >= 15 is 0 Å². The number of hydrogen-bond acceptors (Lipinski definition) is 5. The molecule has 1 heterocycles. The number of aryl methyl sites for hydroxylation is 1. The normalized spacial score (nSPS) is 17.2. The molecule has 0 spiro atoms. The Morgan fingerprint density at radius 2 is 1.69 bits per heavy atom. The third-order valence-corrected chi connectivity index (χ3v) is 5.79. The minimum Gasteiger partial charge on any atom is -0.507 e. The molecule has 7 heteroatoms. The molecule has 1 aliphatic heterocycles. The molecule has 1 aliphatic rings. The third kappa shape index (κ3) is 4.49. The van der Waals surface area contributed by atoms with E-state index in [-0.39, 0.29) is 17.4 Å². The fraction of sp³-hybridized carbons (Fsp3) is 0.214. The molecule has 3 aromatic rings. The van der Waals surface area contributed by atoms with Crippen LogP contribution in [0.15, 0.2) is 72.3 Å². The van der Waals surface area contributed by atoms with Crippen molar-refractivity contribution in [3.63, 3.8) is 0 Å². The highest BCUT2D eigenvalue weighted by molar-refractivity contribution is 6.51. The van der Waals surface area contributed by atoms with Gasteiger partial charge in [0.2, 0.25) is 0 Å². The predicted octanol–water partition coefficient (Wildman–Crippen LogP) is 5.56. The number of para-hydroxylation sites is 1. The largest absolute Gasteiger partial charge is 0.507 e. The summed E-state index contributed by atoms with van der Waals surface area (Å²) in [5, 5.41) is 11.3. The molecule has 0 saturated carbocycles. The van der Waals surface area contributed by atoms with E-state index in [2.05, 4.69) is 0 Å². The highest BCUT2D eigenvalue weighted by Gasteiger charge is 2.47. The topological polar surface area (TPSA) is 76.1 Å². The number of halogens is 1. The number of aliphatic hydroxyl groups is 1. The van der Waals surface area contributed by atoms with Crippen molar-refractivity contribution in [3.05, 3.63) is 94.8 Å². The molecule has 6 nitrogen and oxygen atoms in total. The first-order valence-corrected chi connectivity index (χ1v) is 11.2. The second kappa shape index (κ2) is 9.62. The van der Waals surface area contributed by atoms with Crippen LogP contribution in [0.1, 0.15) is 36.6 Å². The van der Waals surface area contributed by atoms with Crippen molar-refractivity contribution in [1.82, 2.24) is 0 Å². The van der Waals surface area contributed by atoms with Crippen LogP contribution in [0.5, 0.6) is 11.5 Å². The van der Waals surface area contributed by atoms with E-state index in [1.165, 1.54) is 36.3 Å². The summed E-state index contributed by atoms with van der Waals surface area (Å²) in [6.07, 6.45) is -0.0280. The number of ketones is 1. The van der Waals surface area contributed by atoms with Gasteiger partial charge in [-0.1, -0.05) is 18.2 Å². The lowest BCUT2D eigenvalue weighted by molar-refractivity contribution is -0.132. The van der Waals surface area contributed by atoms with Crippen LogP contribution in [-0.4, -0.2) is 30.0 Å². The van der Waals surface area contributed by atoms with Gasteiger partial charge in [-0.15, -0.1) is 0 Å². The van der Waals surface area contributed by atoms with Gasteiger partial charge in [-0.25, -0.2) is 4.39 Å². The Morgan fingerprint density at radius 3 is 2.31 bits per heavy atom. The molecule has 1 unspecified atom stereocenters. The second-order valence-electron chi connectivity index (χ2n) is 8.53. The van der Waals surface area contributed by atoms with Crippen molar-refractivity contribution in [2.75, 3.05) is 12.0 Å². The number of Topliss-reactive ketones (excluding diaryl/α,β-unsaturated/α-hetero) is 1. The molecule has 1 atom stereocenters. The van der Waals surface area contributed by atoms with E-state index in [1.54, 1.807) is 42.5 Å². The number of benzene rings is 3. The lowest BCUT2D eigenvalue weighted by Crippen LogP contribution is -2.29. The Morgan fingerprint density at radius 1 is 1.00 bits per heavy atom. The van der Waals surface area contributed by atoms with Crippen molar-refractivity contribution >= 4 is 23.1 Å². The van der Waals surface area contributed by atoms with Crippen LogP contribution in [0.3, 0.4) is 0 Å². The number of carbonyl (C=O) groups excluding carboxylic acids is 2. The van der Waals surface area contributed by atoms with E-state index in [4.69, 9.17) is 9.47 Å². The SMILES string of the molecule is COc1ccccc1C1/C(=C(\O)c2ccc(OC(C)C)c(C)c2)C(=O)C(=O)N1c1ccc(F)cc1. The summed E-state index contributed by atoms with van der Waals surface area (Å²) in [6.45, 7) is 5.66. The summed E-state index contributed by atoms with van der Waals surface area (Å²) >= 11 is 0. The highest BCUT2D eigenvalue weighted by Crippen LogP contribution is 2.45. The van der Waals surface area contributed by atoms with Crippen LogP contribution in [0.2, 0.25) is 0 Å². The fourth-order valence-corrected chi connectivity index (χ4v) is 4.23. The van der Waals surface area contributed by atoms with Crippen LogP contribution >= 0.6 is 0 Å². The molecular formula is C28H26FNO5. The lowest BCUT2D eigenvalue weighted by Gasteiger charge is -2.26. The molecular weight excluding hydrogens is 449 g/mol. The fourth-order valence-electron chi connectivity index (χ4n) is 4.23. The molecule has 0 aromatic heterocycles. The highest BCUT2D eigenvalue weighted by atomic mass is 19.1. The number of aliphatic hydroxyl groups excluding tert-OH is 1. The van der Waals surface area contributed by atoms with Gasteiger partial charge in [0, 0.05) is 16.8 Å². The summed E-state index contributed by atoms with van der Waals surface area (Å²) in [5.74, 6) is -1.37. The van der Waals surface area contributed by atoms with Crippen molar-refractivity contribution in [2.24, 2.45) is 0 Å². The van der Waals surface area contributed by atoms with Crippen LogP contribution in [0, 0.1) is 12.7 Å². The number of amides is 1. The van der Waals surface area contributed by atoms with Crippen LogP contribution in [0.25, 0.3) is 5.76 Å². The Labute approximate surface area is 203 Å². The molecule has 0 bridgehead atoms. The third-order valence-electron chi connectivity index (χ3n) is 5.79. The first-order valence-electron chi connectivity index (χ1n) is 11.2. The zero-order valence-electron chi connectivity index (χ0n) is 19.9. The number of carbonyl (C=O) groups is 2. The minimum atomic E-state index is -0.983. The van der Waals surface area contributed by atoms with Gasteiger partial charge in [0.15, 0.2) is 0 Å². The van der Waals surface area contributed by atoms with E-state index in [0.717, 1.165) is 5.56 Å². The van der Waals surface area contributed by atoms with E-state index in [1.807, 2.05) is 20.8 Å². The van der Waals surface area contributed by atoms with Gasteiger partial charge in [-0.3, -0.25) is 14.5 Å². The van der Waals surface area contributed by atoms with Crippen LogP contribution in [-0.2, 0) is 9.59 Å². The summed E-state index contributed by atoms with van der Waals surface area (Å²) in [5.41, 5.74) is 1.89. The van der Waals surface area contributed by atoms with Gasteiger partial charge in [-0.2, -0.15) is 0 Å². The molecule has 1 saturated heterocycles. The first kappa shape index (κ1) is 24.0. The maximum absolute atomic E-state index is 13.6. The van der Waals surface area contributed by atoms with E-state index < -0.39 is 23.5 Å². The predicted molar refractivity (Wildman–Crippen MR) is 131 cm³/mol. The molecule has 3 aromatic carbocycles. The monoisotopic (exact) mass is 475 g/mol. The Balaban J connectivity index is 1.92. The number of anilines is 1. The first-order chi connectivity index (χ1) is 16.7. The zero-order valence-corrected chi connectivity index (χ0v) is 19.9. The number of nitrogens with zero attached hydrogens (tertiary/aromatic N) is 1. The summed E-state index contributed by atoms with van der Waals surface area (Å²) in [7, 11) is 1.49. The summed E-state index contributed by atoms with van der Waals surface area (Å²) in [6, 6.07) is 16.3. The molecule has 1 amide bonds. The Bertz CT molecular complexity index is 1310. The van der Waals surface area contributed by atoms with Crippen molar-refractivity contribution in [1.29, 1.82) is 0 Å². The number of methoxy groups -OCH3 is 1. The molecule has 0 radical (unpaired) electrons. The van der Waals surface area contributed by atoms with Gasteiger partial charge >= 0.3 is 0 Å². The van der Waals surface area contributed by atoms with Gasteiger partial charge in [-0.05, 0) is 74.9 Å². The quantitative estimate of drug-likeness (QED) is 0.287. The van der Waals surface area contributed by atoms with Gasteiger partial charge < -0.3 is 14.6 Å². The van der Waals surface area contributed by atoms with Crippen LogP contribution in [0.4, 0.5) is 10.1 Å². The average Bonchev–Trinajstić information content (AvgIpc) is 3.10. The van der Waals surface area contributed by atoms with Gasteiger partial charge in [0.05, 0.1) is 24.8 Å². The van der Waals surface area contributed by atoms with E-state index in [0.29, 0.717) is 28.3 Å². The maximum Gasteiger partial charge on any atom is 0.300 e. The standard InChI is InChI=1S/C28H26FNO5/c1-16(2)35-22-14-9-18(15-17(22)3)26(31)24-25(21-7-5-6-8-23(21)34-4)30(28(33)27(24)32)20-12-10-19(29)11-13-20/h5-16,25,31H,1-4H3/b26-24+. The van der Waals surface area contributed by atoms with Gasteiger partial charge in [0.25, 0.3) is 11.7 Å². The Hall–Kier alpha value is -4.13. The van der Waals surface area contributed by atoms with Gasteiger partial charge in [0.1, 0.15) is 23.1 Å². The van der Waals surface area contributed by atoms with Crippen molar-refractivity contribution in [3.8, 4) is 11.5 Å². The molecule has 0 aliphatic carbocycles. The van der Waals surface area contributed by atoms with E-state index in [9.17, 15) is 19.1 Å². The lowest BCUT2D eigenvalue weighted by atomic mass is 9.94. The minimum absolute atomic E-state index is 0.0280. The van der Waals surface area contributed by atoms with Crippen molar-refractivity contribution in [2.45, 2.75) is 32.9 Å². The summed E-state index contributed by atoms with van der Waals surface area (Å²) in [4.78, 5) is 27.8. The molecule has 4 rings (SSSR count). The average molecular weight is 476 g/mol. The number of ether oxygens (including phenoxy) is 2. The zero-order chi connectivity index (χ0) is 25.3. The van der Waals surface area contributed by atoms with Crippen molar-refractivity contribution < 1.29 is 28.6 Å². The molecule has 35 heavy (non-hydrogen) atoms.